The maximum absolute atomic E-state index is 10.00. The van der Waals surface area contributed by atoms with Gasteiger partial charge in [-0.2, -0.15) is 5.10 Å². The molecule has 2 aromatic heterocycles. The second kappa shape index (κ2) is 5.87. The van der Waals surface area contributed by atoms with Crippen molar-refractivity contribution in [1.29, 1.82) is 0 Å². The first-order valence-electron chi connectivity index (χ1n) is 6.44. The van der Waals surface area contributed by atoms with Crippen LogP contribution in [0.15, 0.2) is 41.6 Å². The molecule has 0 amide bonds. The molecule has 0 atom stereocenters. The number of fused-ring (bicyclic) bond motifs is 1. The number of halogens is 2. The molecule has 2 N–H and O–H groups in total. The molecule has 3 rings (SSSR count). The number of aromatic hydroxyl groups is 1. The van der Waals surface area contributed by atoms with E-state index in [4.69, 9.17) is 23.2 Å². The zero-order valence-corrected chi connectivity index (χ0v) is 13.1. The molecular weight excluding hydrogens is 323 g/mol. The molecule has 0 aliphatic carbocycles. The first kappa shape index (κ1) is 14.7. The molecule has 0 aliphatic rings. The number of phenols is 1. The number of pyridine rings is 1. The number of phenolic OH excluding ortho intramolecular Hbond substituents is 1. The van der Waals surface area contributed by atoms with Crippen LogP contribution in [-0.4, -0.2) is 20.9 Å². The maximum atomic E-state index is 10.00. The van der Waals surface area contributed by atoms with Crippen molar-refractivity contribution in [3.8, 4) is 5.75 Å². The summed E-state index contributed by atoms with van der Waals surface area (Å²) in [6.07, 6.45) is 3.61. The molecule has 0 spiro atoms. The van der Waals surface area contributed by atoms with Crippen molar-refractivity contribution in [3.05, 3.63) is 52.3 Å². The fraction of sp³-hybridized carbons (Fsp3) is 0.0667. The average Bonchev–Trinajstić information content (AvgIpc) is 2.90. The van der Waals surface area contributed by atoms with E-state index in [-0.39, 0.29) is 10.8 Å². The number of aromatic nitrogens is 2. The number of nitrogens with zero attached hydrogens (tertiary/aromatic N) is 3. The van der Waals surface area contributed by atoms with Gasteiger partial charge in [0.25, 0.3) is 0 Å². The second-order valence-corrected chi connectivity index (χ2v) is 5.51. The number of hydrogen-bond donors (Lipinski definition) is 2. The molecule has 0 fully saturated rings. The number of aryl methyl sites for hydroxylation is 1. The smallest absolute Gasteiger partial charge is 0.160 e. The highest BCUT2D eigenvalue weighted by Crippen LogP contribution is 2.36. The predicted octanol–water partition coefficient (Wildman–Crippen LogP) is 4.03. The molecule has 0 saturated heterocycles. The molecule has 112 valence electrons. The summed E-state index contributed by atoms with van der Waals surface area (Å²) in [6.45, 7) is 0. The lowest BCUT2D eigenvalue weighted by atomic mass is 10.2. The van der Waals surface area contributed by atoms with E-state index in [1.807, 2.05) is 29.9 Å². The molecule has 1 aromatic carbocycles. The first-order valence-corrected chi connectivity index (χ1v) is 7.20. The topological polar surface area (TPSA) is 62.4 Å². The van der Waals surface area contributed by atoms with Gasteiger partial charge in [0.05, 0.1) is 22.0 Å². The summed E-state index contributed by atoms with van der Waals surface area (Å²) >= 11 is 12.0. The van der Waals surface area contributed by atoms with E-state index in [2.05, 4.69) is 15.5 Å². The van der Waals surface area contributed by atoms with Crippen LogP contribution in [0.3, 0.4) is 0 Å². The lowest BCUT2D eigenvalue weighted by Crippen LogP contribution is -1.97. The normalized spacial score (nSPS) is 11.4. The van der Waals surface area contributed by atoms with E-state index in [0.29, 0.717) is 21.7 Å². The Kier molecular flexibility index (Phi) is 3.92. The second-order valence-electron chi connectivity index (χ2n) is 4.70. The Hall–Kier alpha value is -2.24. The van der Waals surface area contributed by atoms with E-state index < -0.39 is 0 Å². The Labute approximate surface area is 136 Å². The van der Waals surface area contributed by atoms with Crippen molar-refractivity contribution in [2.45, 2.75) is 0 Å². The van der Waals surface area contributed by atoms with Gasteiger partial charge in [-0.25, -0.2) is 4.98 Å². The number of anilines is 1. The third-order valence-corrected chi connectivity index (χ3v) is 3.82. The van der Waals surface area contributed by atoms with E-state index in [0.717, 1.165) is 5.69 Å². The zero-order chi connectivity index (χ0) is 15.7. The summed E-state index contributed by atoms with van der Waals surface area (Å²) in [6, 6.07) is 8.83. The predicted molar refractivity (Wildman–Crippen MR) is 90.1 cm³/mol. The van der Waals surface area contributed by atoms with Gasteiger partial charge in [0.1, 0.15) is 11.3 Å². The molecule has 22 heavy (non-hydrogen) atoms. The van der Waals surface area contributed by atoms with Crippen molar-refractivity contribution in [2.75, 3.05) is 5.43 Å². The minimum Gasteiger partial charge on any atom is -0.504 e. The fourth-order valence-corrected chi connectivity index (χ4v) is 2.55. The Balaban J connectivity index is 1.91. The van der Waals surface area contributed by atoms with Crippen LogP contribution in [0.5, 0.6) is 5.75 Å². The van der Waals surface area contributed by atoms with Crippen molar-refractivity contribution >= 4 is 46.1 Å². The molecule has 0 bridgehead atoms. The standard InChI is InChI=1S/C15H12Cl2N4O/c1-21-6-2-3-9(21)8-18-20-13-5-4-10-11(16)7-12(17)15(22)14(10)19-13/h2-8,22H,1H3,(H,19,20)/b18-8+. The zero-order valence-electron chi connectivity index (χ0n) is 11.6. The van der Waals surface area contributed by atoms with Crippen LogP contribution in [0, 0.1) is 0 Å². The van der Waals surface area contributed by atoms with Crippen molar-refractivity contribution in [3.63, 3.8) is 0 Å². The number of rotatable bonds is 3. The van der Waals surface area contributed by atoms with Gasteiger partial charge < -0.3 is 9.67 Å². The largest absolute Gasteiger partial charge is 0.504 e. The van der Waals surface area contributed by atoms with E-state index >= 15 is 0 Å². The highest BCUT2D eigenvalue weighted by Gasteiger charge is 2.11. The molecule has 7 heteroatoms. The Bertz CT molecular complexity index is 873. The first-order chi connectivity index (χ1) is 10.6. The van der Waals surface area contributed by atoms with E-state index in [1.165, 1.54) is 6.07 Å². The van der Waals surface area contributed by atoms with Crippen LogP contribution in [0.4, 0.5) is 5.82 Å². The van der Waals surface area contributed by atoms with Crippen LogP contribution in [0.2, 0.25) is 10.0 Å². The van der Waals surface area contributed by atoms with Crippen LogP contribution in [-0.2, 0) is 7.05 Å². The van der Waals surface area contributed by atoms with Crippen LogP contribution in [0.1, 0.15) is 5.69 Å². The quantitative estimate of drug-likeness (QED) is 0.561. The van der Waals surface area contributed by atoms with Crippen LogP contribution < -0.4 is 5.43 Å². The SMILES string of the molecule is Cn1cccc1/C=N/Nc1ccc2c(Cl)cc(Cl)c(O)c2n1. The third kappa shape index (κ3) is 2.73. The van der Waals surface area contributed by atoms with Gasteiger partial charge >= 0.3 is 0 Å². The summed E-state index contributed by atoms with van der Waals surface area (Å²) in [5.74, 6) is 0.378. The van der Waals surface area contributed by atoms with Gasteiger partial charge in [-0.05, 0) is 30.3 Å². The van der Waals surface area contributed by atoms with Gasteiger partial charge in [-0.1, -0.05) is 23.2 Å². The number of hydrogen-bond acceptors (Lipinski definition) is 4. The lowest BCUT2D eigenvalue weighted by molar-refractivity contribution is 0.480. The monoisotopic (exact) mass is 334 g/mol. The number of benzene rings is 1. The van der Waals surface area contributed by atoms with Gasteiger partial charge in [-0.3, -0.25) is 5.43 Å². The van der Waals surface area contributed by atoms with Gasteiger partial charge in [0, 0.05) is 18.6 Å². The fourth-order valence-electron chi connectivity index (χ4n) is 2.04. The number of nitrogens with one attached hydrogen (secondary N) is 1. The van der Waals surface area contributed by atoms with Crippen molar-refractivity contribution in [1.82, 2.24) is 9.55 Å². The molecule has 0 aliphatic heterocycles. The number of hydrazone groups is 1. The summed E-state index contributed by atoms with van der Waals surface area (Å²) in [5, 5.41) is 15.3. The van der Waals surface area contributed by atoms with Crippen molar-refractivity contribution in [2.24, 2.45) is 12.1 Å². The van der Waals surface area contributed by atoms with E-state index in [9.17, 15) is 5.11 Å². The molecule has 0 saturated carbocycles. The minimum absolute atomic E-state index is 0.101. The van der Waals surface area contributed by atoms with Gasteiger partial charge in [0.15, 0.2) is 5.75 Å². The van der Waals surface area contributed by atoms with Crippen LogP contribution in [0.25, 0.3) is 10.9 Å². The molecule has 3 aromatic rings. The third-order valence-electron chi connectivity index (χ3n) is 3.22. The summed E-state index contributed by atoms with van der Waals surface area (Å²) < 4.78 is 1.93. The van der Waals surface area contributed by atoms with Gasteiger partial charge in [0.2, 0.25) is 0 Å². The molecular formula is C15H12Cl2N4O. The molecule has 0 radical (unpaired) electrons. The molecule has 2 heterocycles. The summed E-state index contributed by atoms with van der Waals surface area (Å²) in [5.41, 5.74) is 4.09. The molecule has 0 unspecified atom stereocenters. The van der Waals surface area contributed by atoms with E-state index in [1.54, 1.807) is 18.3 Å². The molecule has 5 nitrogen and oxygen atoms in total. The Morgan fingerprint density at radius 1 is 1.27 bits per heavy atom. The highest BCUT2D eigenvalue weighted by atomic mass is 35.5. The van der Waals surface area contributed by atoms with Crippen LogP contribution >= 0.6 is 23.2 Å². The Morgan fingerprint density at radius 2 is 2.09 bits per heavy atom. The highest BCUT2D eigenvalue weighted by molar-refractivity contribution is 6.39. The summed E-state index contributed by atoms with van der Waals surface area (Å²) in [7, 11) is 1.93. The van der Waals surface area contributed by atoms with Crippen molar-refractivity contribution < 1.29 is 5.11 Å². The maximum Gasteiger partial charge on any atom is 0.160 e. The Morgan fingerprint density at radius 3 is 2.82 bits per heavy atom. The average molecular weight is 335 g/mol. The summed E-state index contributed by atoms with van der Waals surface area (Å²) in [4.78, 5) is 4.29. The minimum atomic E-state index is -0.101. The lowest BCUT2D eigenvalue weighted by Gasteiger charge is -2.07. The van der Waals surface area contributed by atoms with Gasteiger partial charge in [-0.15, -0.1) is 0 Å².